The summed E-state index contributed by atoms with van der Waals surface area (Å²) < 4.78 is 0. The molecule has 4 heteroatoms. The molecule has 4 nitrogen and oxygen atoms in total. The highest BCUT2D eigenvalue weighted by atomic mass is 16.4. The summed E-state index contributed by atoms with van der Waals surface area (Å²) in [5, 5.41) is 18.2. The van der Waals surface area contributed by atoms with E-state index in [1.54, 1.807) is 37.9 Å². The van der Waals surface area contributed by atoms with Crippen LogP contribution in [0.15, 0.2) is 24.3 Å². The van der Waals surface area contributed by atoms with E-state index in [0.29, 0.717) is 0 Å². The lowest BCUT2D eigenvalue weighted by Crippen LogP contribution is -2.48. The van der Waals surface area contributed by atoms with Gasteiger partial charge in [-0.3, -0.25) is 0 Å². The molecule has 0 radical (unpaired) electrons. The van der Waals surface area contributed by atoms with E-state index in [9.17, 15) is 4.79 Å². The molecular formula is C11H15NO3. The van der Waals surface area contributed by atoms with E-state index in [1.165, 1.54) is 12.1 Å². The molecule has 0 unspecified atom stereocenters. The van der Waals surface area contributed by atoms with Crippen molar-refractivity contribution in [2.24, 2.45) is 0 Å². The van der Waals surface area contributed by atoms with Crippen molar-refractivity contribution in [1.29, 1.82) is 0 Å². The third-order valence-corrected chi connectivity index (χ3v) is 2.60. The van der Waals surface area contributed by atoms with Crippen LogP contribution in [0, 0.1) is 0 Å². The van der Waals surface area contributed by atoms with E-state index in [4.69, 9.17) is 10.2 Å². The Bertz CT molecular complexity index is 357. The van der Waals surface area contributed by atoms with Crippen LogP contribution in [-0.2, 0) is 4.79 Å². The van der Waals surface area contributed by atoms with E-state index in [0.717, 1.165) is 5.69 Å². The highest BCUT2D eigenvalue weighted by molar-refractivity contribution is 5.82. The lowest BCUT2D eigenvalue weighted by atomic mass is 10.0. The maximum atomic E-state index is 11.0. The van der Waals surface area contributed by atoms with Crippen LogP contribution in [0.2, 0.25) is 0 Å². The van der Waals surface area contributed by atoms with E-state index < -0.39 is 11.5 Å². The number of phenols is 1. The summed E-state index contributed by atoms with van der Waals surface area (Å²) in [6.07, 6.45) is 0. The van der Waals surface area contributed by atoms with Gasteiger partial charge in [-0.1, -0.05) is 0 Å². The van der Waals surface area contributed by atoms with Crippen LogP contribution < -0.4 is 4.90 Å². The van der Waals surface area contributed by atoms with Gasteiger partial charge in [0.25, 0.3) is 0 Å². The zero-order valence-electron chi connectivity index (χ0n) is 9.06. The van der Waals surface area contributed by atoms with Crippen molar-refractivity contribution in [3.63, 3.8) is 0 Å². The topological polar surface area (TPSA) is 60.8 Å². The number of rotatable bonds is 3. The first-order valence-corrected chi connectivity index (χ1v) is 4.62. The number of carbonyl (C=O) groups is 1. The zero-order chi connectivity index (χ0) is 11.6. The van der Waals surface area contributed by atoms with Gasteiger partial charge < -0.3 is 15.1 Å². The number of phenolic OH excluding ortho intramolecular Hbond substituents is 1. The normalized spacial score (nSPS) is 11.1. The summed E-state index contributed by atoms with van der Waals surface area (Å²) in [7, 11) is 1.71. The van der Waals surface area contributed by atoms with Gasteiger partial charge in [0.15, 0.2) is 0 Å². The minimum absolute atomic E-state index is 0.167. The van der Waals surface area contributed by atoms with Crippen molar-refractivity contribution in [1.82, 2.24) is 0 Å². The van der Waals surface area contributed by atoms with Crippen LogP contribution >= 0.6 is 0 Å². The molecule has 0 fully saturated rings. The van der Waals surface area contributed by atoms with Crippen molar-refractivity contribution in [3.05, 3.63) is 24.3 Å². The first-order chi connectivity index (χ1) is 6.85. The van der Waals surface area contributed by atoms with Crippen LogP contribution in [-0.4, -0.2) is 28.8 Å². The molecule has 0 aliphatic carbocycles. The second-order valence-electron chi connectivity index (χ2n) is 3.94. The fourth-order valence-electron chi connectivity index (χ4n) is 1.14. The first-order valence-electron chi connectivity index (χ1n) is 4.62. The van der Waals surface area contributed by atoms with Crippen LogP contribution in [0.25, 0.3) is 0 Å². The van der Waals surface area contributed by atoms with Crippen molar-refractivity contribution in [3.8, 4) is 5.75 Å². The van der Waals surface area contributed by atoms with E-state index in [1.807, 2.05) is 0 Å². The van der Waals surface area contributed by atoms with Gasteiger partial charge in [-0.05, 0) is 38.1 Å². The Balaban J connectivity index is 2.99. The Kier molecular flexibility index (Phi) is 2.88. The molecule has 0 bridgehead atoms. The van der Waals surface area contributed by atoms with Crippen LogP contribution in [0.4, 0.5) is 5.69 Å². The van der Waals surface area contributed by atoms with Crippen molar-refractivity contribution >= 4 is 11.7 Å². The minimum atomic E-state index is -0.975. The molecule has 1 rings (SSSR count). The predicted molar refractivity (Wildman–Crippen MR) is 58.2 cm³/mol. The molecular weight excluding hydrogens is 194 g/mol. The standard InChI is InChI=1S/C11H15NO3/c1-11(2,10(14)15)12(3)8-4-6-9(13)7-5-8/h4-7,13H,1-3H3,(H,14,15). The van der Waals surface area contributed by atoms with E-state index >= 15 is 0 Å². The maximum Gasteiger partial charge on any atom is 0.328 e. The van der Waals surface area contributed by atoms with Gasteiger partial charge >= 0.3 is 5.97 Å². The number of carboxylic acid groups (broad SMARTS) is 1. The lowest BCUT2D eigenvalue weighted by Gasteiger charge is -2.33. The van der Waals surface area contributed by atoms with Gasteiger partial charge in [-0.25, -0.2) is 4.79 Å². The third kappa shape index (κ3) is 2.21. The maximum absolute atomic E-state index is 11.0. The van der Waals surface area contributed by atoms with Gasteiger partial charge in [0.1, 0.15) is 11.3 Å². The average molecular weight is 209 g/mol. The number of hydrogen-bond acceptors (Lipinski definition) is 3. The highest BCUT2D eigenvalue weighted by Crippen LogP contribution is 2.24. The molecule has 15 heavy (non-hydrogen) atoms. The molecule has 1 aromatic carbocycles. The van der Waals surface area contributed by atoms with Crippen molar-refractivity contribution in [2.75, 3.05) is 11.9 Å². The number of aliphatic carboxylic acids is 1. The van der Waals surface area contributed by atoms with Crippen LogP contribution in [0.1, 0.15) is 13.8 Å². The number of likely N-dealkylation sites (N-methyl/N-ethyl adjacent to an activating group) is 1. The van der Waals surface area contributed by atoms with Crippen LogP contribution in [0.3, 0.4) is 0 Å². The first kappa shape index (κ1) is 11.4. The smallest absolute Gasteiger partial charge is 0.328 e. The van der Waals surface area contributed by atoms with Gasteiger partial charge in [0.2, 0.25) is 0 Å². The Morgan fingerprint density at radius 1 is 1.27 bits per heavy atom. The summed E-state index contributed by atoms with van der Waals surface area (Å²) in [5.41, 5.74) is -0.225. The Hall–Kier alpha value is -1.71. The number of hydrogen-bond donors (Lipinski definition) is 2. The fourth-order valence-corrected chi connectivity index (χ4v) is 1.14. The summed E-state index contributed by atoms with van der Waals surface area (Å²) >= 11 is 0. The van der Waals surface area contributed by atoms with Gasteiger partial charge in [-0.2, -0.15) is 0 Å². The molecule has 0 spiro atoms. The molecule has 0 saturated heterocycles. The Labute approximate surface area is 88.8 Å². The summed E-state index contributed by atoms with van der Waals surface area (Å²) in [6.45, 7) is 3.25. The Morgan fingerprint density at radius 2 is 1.73 bits per heavy atom. The number of anilines is 1. The van der Waals surface area contributed by atoms with Crippen molar-refractivity contribution in [2.45, 2.75) is 19.4 Å². The van der Waals surface area contributed by atoms with E-state index in [-0.39, 0.29) is 5.75 Å². The third-order valence-electron chi connectivity index (χ3n) is 2.60. The quantitative estimate of drug-likeness (QED) is 0.795. The molecule has 0 aliphatic heterocycles. The predicted octanol–water partition coefficient (Wildman–Crippen LogP) is 1.69. The fraction of sp³-hybridized carbons (Fsp3) is 0.364. The minimum Gasteiger partial charge on any atom is -0.508 e. The number of benzene rings is 1. The van der Waals surface area contributed by atoms with Crippen molar-refractivity contribution < 1.29 is 15.0 Å². The molecule has 0 aromatic heterocycles. The summed E-state index contributed by atoms with van der Waals surface area (Å²) in [5.74, 6) is -0.724. The van der Waals surface area contributed by atoms with Gasteiger partial charge in [0.05, 0.1) is 0 Å². The summed E-state index contributed by atoms with van der Waals surface area (Å²) in [4.78, 5) is 12.7. The highest BCUT2D eigenvalue weighted by Gasteiger charge is 2.32. The van der Waals surface area contributed by atoms with Gasteiger partial charge in [-0.15, -0.1) is 0 Å². The number of aromatic hydroxyl groups is 1. The lowest BCUT2D eigenvalue weighted by molar-refractivity contribution is -0.142. The number of carboxylic acids is 1. The molecule has 2 N–H and O–H groups in total. The zero-order valence-corrected chi connectivity index (χ0v) is 9.06. The molecule has 0 aliphatic rings. The molecule has 0 amide bonds. The SMILES string of the molecule is CN(c1ccc(O)cc1)C(C)(C)C(=O)O. The van der Waals surface area contributed by atoms with E-state index in [2.05, 4.69) is 0 Å². The van der Waals surface area contributed by atoms with Gasteiger partial charge in [0, 0.05) is 12.7 Å². The molecule has 0 heterocycles. The molecule has 0 atom stereocenters. The second-order valence-corrected chi connectivity index (χ2v) is 3.94. The molecule has 82 valence electrons. The van der Waals surface area contributed by atoms with Crippen LogP contribution in [0.5, 0.6) is 5.75 Å². The average Bonchev–Trinajstić information content (AvgIpc) is 2.17. The largest absolute Gasteiger partial charge is 0.508 e. The Morgan fingerprint density at radius 3 is 2.13 bits per heavy atom. The monoisotopic (exact) mass is 209 g/mol. The second kappa shape index (κ2) is 3.81. The molecule has 1 aromatic rings. The summed E-state index contributed by atoms with van der Waals surface area (Å²) in [6, 6.07) is 6.42. The molecule has 0 saturated carbocycles. The number of nitrogens with zero attached hydrogens (tertiary/aromatic N) is 1.